The zero-order valence-corrected chi connectivity index (χ0v) is 13.7. The molecule has 0 spiro atoms. The Morgan fingerprint density at radius 1 is 1.32 bits per heavy atom. The Bertz CT molecular complexity index is 794. The number of nitrogens with zero attached hydrogens (tertiary/aromatic N) is 1. The van der Waals surface area contributed by atoms with Crippen LogP contribution >= 0.6 is 11.3 Å². The molecule has 2 heterocycles. The molecule has 1 atom stereocenters. The highest BCUT2D eigenvalue weighted by Crippen LogP contribution is 2.24. The Labute approximate surface area is 133 Å². The van der Waals surface area contributed by atoms with Crippen molar-refractivity contribution < 1.29 is 13.2 Å². The highest BCUT2D eigenvalue weighted by atomic mass is 32.2. The van der Waals surface area contributed by atoms with Crippen molar-refractivity contribution >= 4 is 27.1 Å². The second-order valence-corrected chi connectivity index (χ2v) is 8.56. The minimum atomic E-state index is -3.00. The molecule has 0 aliphatic carbocycles. The lowest BCUT2D eigenvalue weighted by Crippen LogP contribution is -2.35. The number of carbonyl (C=O) groups excluding carboxylic acids is 1. The molecule has 2 aromatic rings. The molecule has 0 saturated carbocycles. The quantitative estimate of drug-likeness (QED) is 0.930. The second-order valence-electron chi connectivity index (χ2n) is 5.48. The van der Waals surface area contributed by atoms with Crippen LogP contribution in [0.5, 0.6) is 0 Å². The van der Waals surface area contributed by atoms with E-state index < -0.39 is 9.84 Å². The van der Waals surface area contributed by atoms with Crippen molar-refractivity contribution in [1.29, 1.82) is 0 Å². The van der Waals surface area contributed by atoms with E-state index in [0.717, 1.165) is 10.6 Å². The van der Waals surface area contributed by atoms with E-state index in [2.05, 4.69) is 10.3 Å². The van der Waals surface area contributed by atoms with Crippen molar-refractivity contribution in [2.75, 3.05) is 11.5 Å². The highest BCUT2D eigenvalue weighted by Gasteiger charge is 2.29. The summed E-state index contributed by atoms with van der Waals surface area (Å²) in [5.41, 5.74) is 2.48. The lowest BCUT2D eigenvalue weighted by atomic mass is 10.2. The van der Waals surface area contributed by atoms with Gasteiger partial charge >= 0.3 is 0 Å². The van der Waals surface area contributed by atoms with Gasteiger partial charge in [0.2, 0.25) is 0 Å². The van der Waals surface area contributed by atoms with Crippen molar-refractivity contribution in [2.24, 2.45) is 0 Å². The summed E-state index contributed by atoms with van der Waals surface area (Å²) < 4.78 is 22.8. The van der Waals surface area contributed by atoms with E-state index in [9.17, 15) is 13.2 Å². The Kier molecular flexibility index (Phi) is 4.01. The van der Waals surface area contributed by atoms with Gasteiger partial charge in [-0.2, -0.15) is 0 Å². The number of sulfone groups is 1. The first-order chi connectivity index (χ1) is 10.4. The molecule has 1 aromatic heterocycles. The molecule has 0 radical (unpaired) electrons. The molecule has 22 heavy (non-hydrogen) atoms. The third kappa shape index (κ3) is 3.36. The standard InChI is InChI=1S/C15H16N2O3S2/c1-10-2-4-11(5-3-10)15-17-13(8-21-15)14(18)16-12-6-7-22(19,20)9-12/h2-5,8,12H,6-7,9H2,1H3,(H,16,18). The van der Waals surface area contributed by atoms with Gasteiger partial charge in [0, 0.05) is 17.0 Å². The summed E-state index contributed by atoms with van der Waals surface area (Å²) in [7, 11) is -3.00. The minimum Gasteiger partial charge on any atom is -0.347 e. The first kappa shape index (κ1) is 15.2. The van der Waals surface area contributed by atoms with Gasteiger partial charge in [0.15, 0.2) is 9.84 Å². The average molecular weight is 336 g/mol. The fourth-order valence-electron chi connectivity index (χ4n) is 2.37. The van der Waals surface area contributed by atoms with E-state index in [4.69, 9.17) is 0 Å². The summed E-state index contributed by atoms with van der Waals surface area (Å²) in [4.78, 5) is 16.5. The summed E-state index contributed by atoms with van der Waals surface area (Å²) in [6.45, 7) is 2.01. The van der Waals surface area contributed by atoms with E-state index in [1.165, 1.54) is 16.9 Å². The number of carbonyl (C=O) groups is 1. The van der Waals surface area contributed by atoms with Crippen molar-refractivity contribution in [2.45, 2.75) is 19.4 Å². The van der Waals surface area contributed by atoms with Gasteiger partial charge in [-0.05, 0) is 13.3 Å². The molecular weight excluding hydrogens is 320 g/mol. The lowest BCUT2D eigenvalue weighted by Gasteiger charge is -2.08. The Morgan fingerprint density at radius 3 is 2.68 bits per heavy atom. The van der Waals surface area contributed by atoms with Gasteiger partial charge in [-0.3, -0.25) is 4.79 Å². The van der Waals surface area contributed by atoms with Gasteiger partial charge in [-0.1, -0.05) is 29.8 Å². The molecule has 1 aliphatic rings. The maximum absolute atomic E-state index is 12.1. The number of hydrogen-bond acceptors (Lipinski definition) is 5. The number of aromatic nitrogens is 1. The molecule has 1 aliphatic heterocycles. The molecule has 1 amide bonds. The highest BCUT2D eigenvalue weighted by molar-refractivity contribution is 7.91. The van der Waals surface area contributed by atoms with Gasteiger partial charge in [-0.25, -0.2) is 13.4 Å². The van der Waals surface area contributed by atoms with Crippen LogP contribution in [-0.2, 0) is 9.84 Å². The first-order valence-electron chi connectivity index (χ1n) is 6.97. The monoisotopic (exact) mass is 336 g/mol. The number of aryl methyl sites for hydroxylation is 1. The topological polar surface area (TPSA) is 76.1 Å². The van der Waals surface area contributed by atoms with Crippen molar-refractivity contribution in [1.82, 2.24) is 10.3 Å². The van der Waals surface area contributed by atoms with Crippen LogP contribution in [0.4, 0.5) is 0 Å². The van der Waals surface area contributed by atoms with Crippen molar-refractivity contribution in [3.8, 4) is 10.6 Å². The van der Waals surface area contributed by atoms with Gasteiger partial charge in [0.25, 0.3) is 5.91 Å². The molecule has 116 valence electrons. The third-order valence-corrected chi connectivity index (χ3v) is 6.26. The van der Waals surface area contributed by atoms with Crippen LogP contribution in [0.2, 0.25) is 0 Å². The SMILES string of the molecule is Cc1ccc(-c2nc(C(=O)NC3CCS(=O)(=O)C3)cs2)cc1. The van der Waals surface area contributed by atoms with E-state index in [1.807, 2.05) is 31.2 Å². The zero-order chi connectivity index (χ0) is 15.7. The van der Waals surface area contributed by atoms with Gasteiger partial charge in [-0.15, -0.1) is 11.3 Å². The van der Waals surface area contributed by atoms with Crippen LogP contribution in [0.3, 0.4) is 0 Å². The number of thiazole rings is 1. The molecule has 5 nitrogen and oxygen atoms in total. The van der Waals surface area contributed by atoms with E-state index in [0.29, 0.717) is 12.1 Å². The minimum absolute atomic E-state index is 0.0215. The molecule has 1 unspecified atom stereocenters. The van der Waals surface area contributed by atoms with Gasteiger partial charge in [0.1, 0.15) is 10.7 Å². The summed E-state index contributed by atoms with van der Waals surface area (Å²) >= 11 is 1.40. The summed E-state index contributed by atoms with van der Waals surface area (Å²) in [5, 5.41) is 5.23. The normalized spacial score (nSPS) is 20.0. The van der Waals surface area contributed by atoms with E-state index in [1.54, 1.807) is 5.38 Å². The number of rotatable bonds is 3. The zero-order valence-electron chi connectivity index (χ0n) is 12.1. The maximum Gasteiger partial charge on any atom is 0.271 e. The molecular formula is C15H16N2O3S2. The van der Waals surface area contributed by atoms with Gasteiger partial charge in [0.05, 0.1) is 11.5 Å². The van der Waals surface area contributed by atoms with Crippen LogP contribution in [0, 0.1) is 6.92 Å². The first-order valence-corrected chi connectivity index (χ1v) is 9.67. The number of hydrogen-bond donors (Lipinski definition) is 1. The summed E-state index contributed by atoms with van der Waals surface area (Å²) in [6.07, 6.45) is 0.475. The Hall–Kier alpha value is -1.73. The molecule has 1 fully saturated rings. The molecule has 0 bridgehead atoms. The van der Waals surface area contributed by atoms with Crippen LogP contribution in [0.1, 0.15) is 22.5 Å². The molecule has 7 heteroatoms. The maximum atomic E-state index is 12.1. The molecule has 1 N–H and O–H groups in total. The second kappa shape index (κ2) is 5.81. The van der Waals surface area contributed by atoms with Crippen molar-refractivity contribution in [3.63, 3.8) is 0 Å². The molecule has 3 rings (SSSR count). The average Bonchev–Trinajstić information content (AvgIpc) is 3.06. The van der Waals surface area contributed by atoms with Crippen molar-refractivity contribution in [3.05, 3.63) is 40.9 Å². The molecule has 1 aromatic carbocycles. The lowest BCUT2D eigenvalue weighted by molar-refractivity contribution is 0.0937. The van der Waals surface area contributed by atoms with E-state index in [-0.39, 0.29) is 23.5 Å². The Balaban J connectivity index is 1.71. The summed E-state index contributed by atoms with van der Waals surface area (Å²) in [5.74, 6) is -0.145. The van der Waals surface area contributed by atoms with Gasteiger partial charge < -0.3 is 5.32 Å². The largest absolute Gasteiger partial charge is 0.347 e. The number of benzene rings is 1. The third-order valence-electron chi connectivity index (χ3n) is 3.60. The van der Waals surface area contributed by atoms with Crippen LogP contribution < -0.4 is 5.32 Å². The Morgan fingerprint density at radius 2 is 2.05 bits per heavy atom. The predicted octanol–water partition coefficient (Wildman–Crippen LogP) is 2.04. The fraction of sp³-hybridized carbons (Fsp3) is 0.333. The van der Waals surface area contributed by atoms with E-state index >= 15 is 0 Å². The number of amides is 1. The predicted molar refractivity (Wildman–Crippen MR) is 86.8 cm³/mol. The van der Waals surface area contributed by atoms with Crippen LogP contribution in [0.15, 0.2) is 29.6 Å². The number of nitrogens with one attached hydrogen (secondary N) is 1. The fourth-order valence-corrected chi connectivity index (χ4v) is 4.85. The molecule has 1 saturated heterocycles. The summed E-state index contributed by atoms with van der Waals surface area (Å²) in [6, 6.07) is 7.64. The smallest absolute Gasteiger partial charge is 0.271 e. The van der Waals surface area contributed by atoms with Crippen LogP contribution in [0.25, 0.3) is 10.6 Å². The van der Waals surface area contributed by atoms with Crippen LogP contribution in [-0.4, -0.2) is 36.9 Å².